The molecule has 2 aromatic rings. The van der Waals surface area contributed by atoms with E-state index in [1.54, 1.807) is 32.0 Å². The molecule has 1 aliphatic rings. The van der Waals surface area contributed by atoms with Crippen molar-refractivity contribution >= 4 is 5.97 Å². The Labute approximate surface area is 183 Å². The van der Waals surface area contributed by atoms with Crippen molar-refractivity contribution in [1.82, 2.24) is 4.90 Å². The maximum absolute atomic E-state index is 13.8. The quantitative estimate of drug-likeness (QED) is 0.595. The molecule has 1 heterocycles. The van der Waals surface area contributed by atoms with Crippen molar-refractivity contribution < 1.29 is 18.7 Å². The van der Waals surface area contributed by atoms with Crippen LogP contribution in [-0.4, -0.2) is 49.9 Å². The molecule has 2 aromatic carbocycles. The molecule has 1 saturated heterocycles. The fraction of sp³-hybridized carbons (Fsp3) is 0.440. The van der Waals surface area contributed by atoms with Crippen LogP contribution in [-0.2, 0) is 4.74 Å². The van der Waals surface area contributed by atoms with Gasteiger partial charge in [-0.05, 0) is 81.1 Å². The van der Waals surface area contributed by atoms with Gasteiger partial charge < -0.3 is 14.4 Å². The van der Waals surface area contributed by atoms with Gasteiger partial charge in [-0.3, -0.25) is 0 Å². The second-order valence-electron chi connectivity index (χ2n) is 8.64. The van der Waals surface area contributed by atoms with Crippen LogP contribution in [0, 0.1) is 17.2 Å². The van der Waals surface area contributed by atoms with E-state index in [1.807, 2.05) is 24.3 Å². The molecule has 3 rings (SSSR count). The van der Waals surface area contributed by atoms with Crippen LogP contribution in [0.25, 0.3) is 11.1 Å². The molecule has 6 heteroatoms. The summed E-state index contributed by atoms with van der Waals surface area (Å²) in [5.41, 5.74) is 1.56. The maximum Gasteiger partial charge on any atom is 0.337 e. The highest BCUT2D eigenvalue weighted by molar-refractivity contribution is 5.90. The summed E-state index contributed by atoms with van der Waals surface area (Å²) < 4.78 is 24.5. The molecule has 0 unspecified atom stereocenters. The van der Waals surface area contributed by atoms with E-state index >= 15 is 0 Å². The third-order valence-corrected chi connectivity index (χ3v) is 5.52. The first kappa shape index (κ1) is 22.8. The van der Waals surface area contributed by atoms with Crippen LogP contribution in [0.1, 0.15) is 42.6 Å². The topological polar surface area (TPSA) is 62.6 Å². The Kier molecular flexibility index (Phi) is 7.29. The minimum Gasteiger partial charge on any atom is -0.492 e. The van der Waals surface area contributed by atoms with Crippen LogP contribution < -0.4 is 4.74 Å². The van der Waals surface area contributed by atoms with Crippen molar-refractivity contribution in [3.8, 4) is 22.9 Å². The van der Waals surface area contributed by atoms with E-state index in [-0.39, 0.29) is 5.97 Å². The lowest BCUT2D eigenvalue weighted by molar-refractivity contribution is 0.0600. The molecule has 0 bridgehead atoms. The Bertz CT molecular complexity index is 937. The highest BCUT2D eigenvalue weighted by atomic mass is 19.1. The molecular formula is C25H29FN2O3. The number of likely N-dealkylation sites (tertiary alicyclic amines) is 1. The van der Waals surface area contributed by atoms with Crippen molar-refractivity contribution in [3.05, 3.63) is 53.6 Å². The summed E-state index contributed by atoms with van der Waals surface area (Å²) in [6, 6.07) is 14.8. The molecule has 0 saturated carbocycles. The van der Waals surface area contributed by atoms with E-state index in [0.717, 1.165) is 37.1 Å². The molecule has 1 aliphatic heterocycles. The molecular weight excluding hydrogens is 395 g/mol. The standard InChI is InChI=1S/C25H29FN2O3/c1-25(2,26)17-28-12-10-18(11-13-28)16-31-23-9-8-21(14-22(23)15-27)19-4-6-20(7-5-19)24(29)30-3/h4-9,14,18H,10-13,16-17H2,1-3H3. The highest BCUT2D eigenvalue weighted by Gasteiger charge is 2.25. The number of esters is 1. The molecule has 0 aromatic heterocycles. The Hall–Kier alpha value is -2.91. The number of nitriles is 1. The number of halogens is 1. The molecule has 31 heavy (non-hydrogen) atoms. The first-order chi connectivity index (χ1) is 14.8. The fourth-order valence-electron chi connectivity index (χ4n) is 3.89. The van der Waals surface area contributed by atoms with E-state index in [4.69, 9.17) is 9.47 Å². The molecule has 0 amide bonds. The van der Waals surface area contributed by atoms with Crippen molar-refractivity contribution in [2.75, 3.05) is 33.4 Å². The van der Waals surface area contributed by atoms with Crippen molar-refractivity contribution in [3.63, 3.8) is 0 Å². The number of alkyl halides is 1. The van der Waals surface area contributed by atoms with Crippen LogP contribution in [0.4, 0.5) is 4.39 Å². The smallest absolute Gasteiger partial charge is 0.337 e. The van der Waals surface area contributed by atoms with E-state index in [2.05, 4.69) is 11.0 Å². The Morgan fingerprint density at radius 1 is 1.16 bits per heavy atom. The SMILES string of the molecule is COC(=O)c1ccc(-c2ccc(OCC3CCN(CC(C)(C)F)CC3)c(C#N)c2)cc1. The molecule has 1 fully saturated rings. The summed E-state index contributed by atoms with van der Waals surface area (Å²) in [5, 5.41) is 9.59. The summed E-state index contributed by atoms with van der Waals surface area (Å²) in [6.45, 7) is 5.97. The van der Waals surface area contributed by atoms with Crippen LogP contribution in [0.5, 0.6) is 5.75 Å². The third kappa shape index (κ3) is 6.28. The largest absolute Gasteiger partial charge is 0.492 e. The maximum atomic E-state index is 13.8. The van der Waals surface area contributed by atoms with Crippen LogP contribution in [0.15, 0.2) is 42.5 Å². The molecule has 0 radical (unpaired) electrons. The fourth-order valence-corrected chi connectivity index (χ4v) is 3.89. The van der Waals surface area contributed by atoms with E-state index in [9.17, 15) is 14.4 Å². The van der Waals surface area contributed by atoms with Gasteiger partial charge in [0, 0.05) is 6.54 Å². The van der Waals surface area contributed by atoms with Gasteiger partial charge in [0.2, 0.25) is 0 Å². The van der Waals surface area contributed by atoms with E-state index in [1.165, 1.54) is 7.11 Å². The van der Waals surface area contributed by atoms with Crippen LogP contribution in [0.3, 0.4) is 0 Å². The Balaban J connectivity index is 1.60. The van der Waals surface area contributed by atoms with Crippen LogP contribution >= 0.6 is 0 Å². The zero-order valence-corrected chi connectivity index (χ0v) is 18.4. The second-order valence-corrected chi connectivity index (χ2v) is 8.64. The number of nitrogens with zero attached hydrogens (tertiary/aromatic N) is 2. The molecule has 0 N–H and O–H groups in total. The van der Waals surface area contributed by atoms with Gasteiger partial charge in [-0.25, -0.2) is 9.18 Å². The zero-order chi connectivity index (χ0) is 22.4. The number of hydrogen-bond donors (Lipinski definition) is 0. The van der Waals surface area contributed by atoms with Gasteiger partial charge in [-0.15, -0.1) is 0 Å². The van der Waals surface area contributed by atoms with Crippen molar-refractivity contribution in [2.45, 2.75) is 32.4 Å². The number of carbonyl (C=O) groups excluding carboxylic acids is 1. The molecule has 0 aliphatic carbocycles. The van der Waals surface area contributed by atoms with Gasteiger partial charge in [0.05, 0.1) is 24.8 Å². The number of carbonyl (C=O) groups is 1. The van der Waals surface area contributed by atoms with Gasteiger partial charge in [0.15, 0.2) is 0 Å². The van der Waals surface area contributed by atoms with Crippen LogP contribution in [0.2, 0.25) is 0 Å². The predicted molar refractivity (Wildman–Crippen MR) is 118 cm³/mol. The first-order valence-corrected chi connectivity index (χ1v) is 10.6. The average molecular weight is 425 g/mol. The summed E-state index contributed by atoms with van der Waals surface area (Å²) >= 11 is 0. The number of rotatable bonds is 7. The summed E-state index contributed by atoms with van der Waals surface area (Å²) in [7, 11) is 1.35. The summed E-state index contributed by atoms with van der Waals surface area (Å²) in [6.07, 6.45) is 1.92. The number of methoxy groups -OCH3 is 1. The third-order valence-electron chi connectivity index (χ3n) is 5.52. The van der Waals surface area contributed by atoms with E-state index in [0.29, 0.717) is 35.9 Å². The van der Waals surface area contributed by atoms with Gasteiger partial charge in [-0.2, -0.15) is 5.26 Å². The van der Waals surface area contributed by atoms with Gasteiger partial charge in [-0.1, -0.05) is 18.2 Å². The number of benzene rings is 2. The normalized spacial score (nSPS) is 15.3. The zero-order valence-electron chi connectivity index (χ0n) is 18.4. The Morgan fingerprint density at radius 3 is 2.39 bits per heavy atom. The minimum absolute atomic E-state index is 0.382. The van der Waals surface area contributed by atoms with Crippen molar-refractivity contribution in [2.24, 2.45) is 5.92 Å². The Morgan fingerprint density at radius 2 is 1.81 bits per heavy atom. The highest BCUT2D eigenvalue weighted by Crippen LogP contribution is 2.28. The summed E-state index contributed by atoms with van der Waals surface area (Å²) in [4.78, 5) is 13.8. The molecule has 5 nitrogen and oxygen atoms in total. The lowest BCUT2D eigenvalue weighted by Crippen LogP contribution is -2.41. The predicted octanol–water partition coefficient (Wildman–Crippen LogP) is 4.85. The summed E-state index contributed by atoms with van der Waals surface area (Å²) in [5.74, 6) is 0.591. The lowest BCUT2D eigenvalue weighted by Gasteiger charge is -2.34. The first-order valence-electron chi connectivity index (χ1n) is 10.6. The lowest BCUT2D eigenvalue weighted by atomic mass is 9.96. The average Bonchev–Trinajstić information content (AvgIpc) is 2.77. The molecule has 0 atom stereocenters. The number of ether oxygens (including phenoxy) is 2. The number of hydrogen-bond acceptors (Lipinski definition) is 5. The van der Waals surface area contributed by atoms with Gasteiger partial charge >= 0.3 is 5.97 Å². The second kappa shape index (κ2) is 9.93. The van der Waals surface area contributed by atoms with Gasteiger partial charge in [0.1, 0.15) is 17.5 Å². The van der Waals surface area contributed by atoms with Crippen molar-refractivity contribution in [1.29, 1.82) is 5.26 Å². The molecule has 0 spiro atoms. The number of piperidine rings is 1. The van der Waals surface area contributed by atoms with Gasteiger partial charge in [0.25, 0.3) is 0 Å². The molecule has 164 valence electrons. The minimum atomic E-state index is -1.17. The monoisotopic (exact) mass is 424 g/mol. The van der Waals surface area contributed by atoms with E-state index < -0.39 is 5.67 Å².